The quantitative estimate of drug-likeness (QED) is 0.296. The number of aromatic hydroxyl groups is 1. The molecule has 0 fully saturated rings. The minimum Gasteiger partial charge on any atom is -0.493 e. The fourth-order valence-corrected chi connectivity index (χ4v) is 3.68. The first-order valence-electron chi connectivity index (χ1n) is 9.67. The predicted octanol–water partition coefficient (Wildman–Crippen LogP) is 6.49. The van der Waals surface area contributed by atoms with E-state index in [0.717, 1.165) is 33.3 Å². The van der Waals surface area contributed by atoms with Gasteiger partial charge < -0.3 is 15.0 Å². The zero-order chi connectivity index (χ0) is 21.1. The molecule has 0 aliphatic rings. The molecular weight excluding hydrogens is 392 g/mol. The summed E-state index contributed by atoms with van der Waals surface area (Å²) in [6.07, 6.45) is 0. The molecule has 0 atom stereocenters. The Morgan fingerprint density at radius 1 is 0.933 bits per heavy atom. The third kappa shape index (κ3) is 3.95. The summed E-state index contributed by atoms with van der Waals surface area (Å²) in [5.41, 5.74) is 5.47. The molecule has 4 rings (SSSR count). The molecule has 4 aromatic rings. The highest BCUT2D eigenvalue weighted by atomic mass is 32.1. The van der Waals surface area contributed by atoms with E-state index in [1.54, 1.807) is 0 Å². The van der Waals surface area contributed by atoms with Gasteiger partial charge in [0, 0.05) is 11.1 Å². The van der Waals surface area contributed by atoms with Gasteiger partial charge in [-0.25, -0.2) is 0 Å². The van der Waals surface area contributed by atoms with E-state index in [9.17, 15) is 5.11 Å². The van der Waals surface area contributed by atoms with Crippen molar-refractivity contribution in [3.05, 3.63) is 89.5 Å². The highest BCUT2D eigenvalue weighted by Crippen LogP contribution is 2.39. The molecule has 5 nitrogen and oxygen atoms in total. The first-order chi connectivity index (χ1) is 14.5. The lowest BCUT2D eigenvalue weighted by Gasteiger charge is -2.10. The Bertz CT molecular complexity index is 1220. The monoisotopic (exact) mass is 414 g/mol. The van der Waals surface area contributed by atoms with E-state index in [1.165, 1.54) is 0 Å². The van der Waals surface area contributed by atoms with Crippen molar-refractivity contribution in [1.29, 1.82) is 0 Å². The molecule has 150 valence electrons. The van der Waals surface area contributed by atoms with Gasteiger partial charge in [-0.15, -0.1) is 10.2 Å². The number of hydrogen-bond donors (Lipinski definition) is 2. The molecule has 0 radical (unpaired) electrons. The standard InChI is InChI=1S/C24H22N4OS/c1-16-9-8-10-17(2)21(16)25-24(30)27-26-22-19-13-6-7-14-20(19)28(23(22)29)15-18-11-4-3-5-12-18/h3-14,29H,15H2,1-2H3,(H,25,30). The predicted molar refractivity (Wildman–Crippen MR) is 126 cm³/mol. The number of fused-ring (bicyclic) bond motifs is 1. The van der Waals surface area contributed by atoms with E-state index in [1.807, 2.05) is 91.2 Å². The number of anilines is 1. The fourth-order valence-electron chi connectivity index (χ4n) is 3.54. The number of nitrogens with one attached hydrogen (secondary N) is 1. The molecule has 1 heterocycles. The molecule has 0 unspecified atom stereocenters. The van der Waals surface area contributed by atoms with E-state index in [-0.39, 0.29) is 11.0 Å². The third-order valence-electron chi connectivity index (χ3n) is 5.05. The average molecular weight is 415 g/mol. The van der Waals surface area contributed by atoms with Crippen molar-refractivity contribution in [1.82, 2.24) is 4.57 Å². The molecule has 0 aliphatic carbocycles. The molecule has 0 saturated carbocycles. The van der Waals surface area contributed by atoms with Gasteiger partial charge in [-0.2, -0.15) is 0 Å². The largest absolute Gasteiger partial charge is 0.493 e. The Morgan fingerprint density at radius 2 is 1.60 bits per heavy atom. The lowest BCUT2D eigenvalue weighted by Crippen LogP contribution is -2.07. The first-order valence-corrected chi connectivity index (χ1v) is 10.1. The maximum Gasteiger partial charge on any atom is 0.221 e. The number of nitrogens with zero attached hydrogens (tertiary/aromatic N) is 3. The number of para-hydroxylation sites is 2. The zero-order valence-corrected chi connectivity index (χ0v) is 17.6. The third-order valence-corrected chi connectivity index (χ3v) is 5.24. The van der Waals surface area contributed by atoms with Crippen LogP contribution >= 0.6 is 12.2 Å². The van der Waals surface area contributed by atoms with Crippen LogP contribution in [0.4, 0.5) is 11.4 Å². The van der Waals surface area contributed by atoms with Crippen molar-refractivity contribution in [2.24, 2.45) is 10.2 Å². The van der Waals surface area contributed by atoms with Crippen LogP contribution in [0.1, 0.15) is 16.7 Å². The van der Waals surface area contributed by atoms with Gasteiger partial charge in [0.15, 0.2) is 5.69 Å². The molecule has 0 saturated heterocycles. The van der Waals surface area contributed by atoms with E-state index < -0.39 is 0 Å². The smallest absolute Gasteiger partial charge is 0.221 e. The Balaban J connectivity index is 1.66. The topological polar surface area (TPSA) is 61.9 Å². The van der Waals surface area contributed by atoms with Crippen molar-refractivity contribution in [3.8, 4) is 5.88 Å². The Morgan fingerprint density at radius 3 is 2.33 bits per heavy atom. The number of azo groups is 1. The summed E-state index contributed by atoms with van der Waals surface area (Å²) in [5.74, 6) is 0.0682. The average Bonchev–Trinajstić information content (AvgIpc) is 3.01. The number of aryl methyl sites for hydroxylation is 2. The SMILES string of the molecule is Cc1cccc(C)c1NC(=S)N=Nc1c(O)n(Cc2ccccc2)c2ccccc12. The highest BCUT2D eigenvalue weighted by molar-refractivity contribution is 7.80. The molecule has 0 bridgehead atoms. The van der Waals surface area contributed by atoms with Gasteiger partial charge in [0.05, 0.1) is 12.1 Å². The Hall–Kier alpha value is -3.51. The number of rotatable bonds is 4. The second kappa shape index (κ2) is 8.47. The van der Waals surface area contributed by atoms with Crippen LogP contribution in [0, 0.1) is 13.8 Å². The van der Waals surface area contributed by atoms with Gasteiger partial charge in [-0.1, -0.05) is 66.7 Å². The first kappa shape index (κ1) is 19.8. The minimum absolute atomic E-state index is 0.0682. The van der Waals surface area contributed by atoms with Gasteiger partial charge in [-0.05, 0) is 48.8 Å². The van der Waals surface area contributed by atoms with Gasteiger partial charge in [0.1, 0.15) is 0 Å². The lowest BCUT2D eigenvalue weighted by atomic mass is 10.1. The number of aromatic nitrogens is 1. The molecule has 3 aromatic carbocycles. The van der Waals surface area contributed by atoms with Gasteiger partial charge >= 0.3 is 0 Å². The summed E-state index contributed by atoms with van der Waals surface area (Å²) >= 11 is 5.37. The van der Waals surface area contributed by atoms with Crippen molar-refractivity contribution in [3.63, 3.8) is 0 Å². The minimum atomic E-state index is 0.0682. The summed E-state index contributed by atoms with van der Waals surface area (Å²) in [5, 5.41) is 23.6. The van der Waals surface area contributed by atoms with Crippen LogP contribution in [0.3, 0.4) is 0 Å². The van der Waals surface area contributed by atoms with E-state index in [2.05, 4.69) is 15.5 Å². The molecule has 30 heavy (non-hydrogen) atoms. The van der Waals surface area contributed by atoms with Gasteiger partial charge in [-0.3, -0.25) is 0 Å². The molecule has 1 aromatic heterocycles. The van der Waals surface area contributed by atoms with E-state index in [4.69, 9.17) is 12.2 Å². The molecular formula is C24H22N4OS. The lowest BCUT2D eigenvalue weighted by molar-refractivity contribution is 0.429. The maximum atomic E-state index is 10.9. The summed E-state index contributed by atoms with van der Waals surface area (Å²) < 4.78 is 1.83. The van der Waals surface area contributed by atoms with Crippen LogP contribution in [-0.4, -0.2) is 14.8 Å². The molecule has 0 aliphatic heterocycles. The molecule has 6 heteroatoms. The van der Waals surface area contributed by atoms with Gasteiger partial charge in [0.2, 0.25) is 11.0 Å². The van der Waals surface area contributed by atoms with Crippen LogP contribution in [0.5, 0.6) is 5.88 Å². The molecule has 0 spiro atoms. The van der Waals surface area contributed by atoms with Crippen LogP contribution in [-0.2, 0) is 6.54 Å². The zero-order valence-electron chi connectivity index (χ0n) is 16.8. The molecule has 0 amide bonds. The summed E-state index contributed by atoms with van der Waals surface area (Å²) in [6, 6.07) is 23.8. The van der Waals surface area contributed by atoms with Gasteiger partial charge in [0.25, 0.3) is 0 Å². The summed E-state index contributed by atoms with van der Waals surface area (Å²) in [4.78, 5) is 0. The second-order valence-corrected chi connectivity index (χ2v) is 7.54. The number of benzene rings is 3. The second-order valence-electron chi connectivity index (χ2n) is 7.16. The summed E-state index contributed by atoms with van der Waals surface area (Å²) in [7, 11) is 0. The van der Waals surface area contributed by atoms with Crippen molar-refractivity contribution in [2.75, 3.05) is 5.32 Å². The van der Waals surface area contributed by atoms with Crippen molar-refractivity contribution >= 4 is 39.6 Å². The van der Waals surface area contributed by atoms with Crippen LogP contribution in [0.25, 0.3) is 10.9 Å². The van der Waals surface area contributed by atoms with Crippen LogP contribution < -0.4 is 5.32 Å². The number of hydrogen-bond acceptors (Lipinski definition) is 3. The Labute approximate surface area is 180 Å². The fraction of sp³-hybridized carbons (Fsp3) is 0.125. The highest BCUT2D eigenvalue weighted by Gasteiger charge is 2.16. The Kier molecular flexibility index (Phi) is 5.59. The molecule has 2 N–H and O–H groups in total. The normalized spacial score (nSPS) is 11.3. The van der Waals surface area contributed by atoms with E-state index >= 15 is 0 Å². The number of thiocarbonyl (C=S) groups is 1. The maximum absolute atomic E-state index is 10.9. The van der Waals surface area contributed by atoms with Crippen molar-refractivity contribution in [2.45, 2.75) is 20.4 Å². The van der Waals surface area contributed by atoms with Crippen LogP contribution in [0.2, 0.25) is 0 Å². The van der Waals surface area contributed by atoms with E-state index in [0.29, 0.717) is 12.2 Å². The van der Waals surface area contributed by atoms with Crippen molar-refractivity contribution < 1.29 is 5.11 Å². The van der Waals surface area contributed by atoms with Crippen LogP contribution in [0.15, 0.2) is 83.0 Å². The summed E-state index contributed by atoms with van der Waals surface area (Å²) in [6.45, 7) is 4.56.